The molecule has 2 fully saturated rings. The van der Waals surface area contributed by atoms with E-state index in [-0.39, 0.29) is 24.2 Å². The summed E-state index contributed by atoms with van der Waals surface area (Å²) >= 11 is 1.88. The number of rotatable bonds is 2. The van der Waals surface area contributed by atoms with E-state index in [0.717, 1.165) is 32.5 Å². The van der Waals surface area contributed by atoms with E-state index in [2.05, 4.69) is 30.9 Å². The van der Waals surface area contributed by atoms with E-state index in [1.807, 2.05) is 23.3 Å². The second-order valence-electron chi connectivity index (χ2n) is 7.13. The lowest BCUT2D eigenvalue weighted by molar-refractivity contribution is -0.192. The lowest BCUT2D eigenvalue weighted by atomic mass is 9.83. The minimum Gasteiger partial charge on any atom is -0.475 e. The highest BCUT2D eigenvalue weighted by Crippen LogP contribution is 2.35. The van der Waals surface area contributed by atoms with Gasteiger partial charge in [0.05, 0.1) is 11.6 Å². The van der Waals surface area contributed by atoms with Crippen molar-refractivity contribution >= 4 is 23.2 Å². The Kier molecular flexibility index (Phi) is 7.11. The van der Waals surface area contributed by atoms with Crippen molar-refractivity contribution in [3.05, 3.63) is 21.9 Å². The number of alkyl halides is 3. The normalized spacial score (nSPS) is 22.7. The number of hydrogen-bond acceptors (Lipinski definition) is 5. The van der Waals surface area contributed by atoms with E-state index in [0.29, 0.717) is 0 Å². The van der Waals surface area contributed by atoms with Gasteiger partial charge in [0.25, 0.3) is 0 Å². The molecule has 1 atom stereocenters. The topological polar surface area (TPSA) is 70.1 Å². The van der Waals surface area contributed by atoms with Gasteiger partial charge < -0.3 is 14.7 Å². The van der Waals surface area contributed by atoms with Crippen LogP contribution in [0.3, 0.4) is 0 Å². The SMILES string of the molecule is Cc1ccc(CN2CCC3(CC2)OCC(=O)N(C)C3C)s1.O=C(O)C(F)(F)F. The predicted molar refractivity (Wildman–Crippen MR) is 98.2 cm³/mol. The number of amides is 1. The zero-order chi connectivity index (χ0) is 21.1. The van der Waals surface area contributed by atoms with Gasteiger partial charge in [0.15, 0.2) is 0 Å². The molecule has 1 spiro atoms. The molecule has 10 heteroatoms. The number of carbonyl (C=O) groups excluding carboxylic acids is 1. The lowest BCUT2D eigenvalue weighted by Gasteiger charge is -2.50. The van der Waals surface area contributed by atoms with Crippen molar-refractivity contribution in [1.29, 1.82) is 0 Å². The first kappa shape index (κ1) is 22.6. The number of hydrogen-bond donors (Lipinski definition) is 1. The Morgan fingerprint density at radius 3 is 2.39 bits per heavy atom. The number of aliphatic carboxylic acids is 1. The van der Waals surface area contributed by atoms with Crippen molar-refractivity contribution < 1.29 is 32.6 Å². The number of halogens is 3. The van der Waals surface area contributed by atoms with E-state index >= 15 is 0 Å². The first-order valence-corrected chi connectivity index (χ1v) is 9.73. The van der Waals surface area contributed by atoms with Crippen LogP contribution in [0.15, 0.2) is 12.1 Å². The molecule has 1 N–H and O–H groups in total. The summed E-state index contributed by atoms with van der Waals surface area (Å²) in [5.41, 5.74) is -0.134. The van der Waals surface area contributed by atoms with Gasteiger partial charge in [0.1, 0.15) is 6.61 Å². The third-order valence-corrected chi connectivity index (χ3v) is 6.32. The standard InChI is InChI=1S/C16H24N2O2S.C2HF3O2/c1-12-4-5-14(21-12)10-18-8-6-16(7-9-18)13(2)17(3)15(19)11-20-16;3-2(4,5)1(6)7/h4-5,13H,6-11H2,1-3H3;(H,6,7). The molecule has 0 saturated carbocycles. The third kappa shape index (κ3) is 5.45. The van der Waals surface area contributed by atoms with Crippen molar-refractivity contribution in [2.75, 3.05) is 26.7 Å². The first-order chi connectivity index (χ1) is 12.9. The Morgan fingerprint density at radius 1 is 1.36 bits per heavy atom. The molecule has 158 valence electrons. The number of piperidine rings is 1. The summed E-state index contributed by atoms with van der Waals surface area (Å²) in [6.07, 6.45) is -3.06. The predicted octanol–water partition coefficient (Wildman–Crippen LogP) is 2.90. The van der Waals surface area contributed by atoms with Crippen LogP contribution in [0.4, 0.5) is 13.2 Å². The average molecular weight is 422 g/mol. The van der Waals surface area contributed by atoms with E-state index < -0.39 is 12.1 Å². The van der Waals surface area contributed by atoms with E-state index in [9.17, 15) is 18.0 Å². The minimum atomic E-state index is -5.08. The summed E-state index contributed by atoms with van der Waals surface area (Å²) in [5, 5.41) is 7.12. The van der Waals surface area contributed by atoms with Crippen LogP contribution < -0.4 is 0 Å². The summed E-state index contributed by atoms with van der Waals surface area (Å²) in [6.45, 7) is 7.65. The second kappa shape index (κ2) is 8.79. The summed E-state index contributed by atoms with van der Waals surface area (Å²) in [5.74, 6) is -2.66. The third-order valence-electron chi connectivity index (χ3n) is 5.34. The number of aryl methyl sites for hydroxylation is 1. The Hall–Kier alpha value is -1.65. The van der Waals surface area contributed by atoms with Crippen LogP contribution in [0, 0.1) is 6.92 Å². The van der Waals surface area contributed by atoms with Crippen molar-refractivity contribution in [2.45, 2.75) is 51.1 Å². The monoisotopic (exact) mass is 422 g/mol. The van der Waals surface area contributed by atoms with Crippen LogP contribution in [0.2, 0.25) is 0 Å². The van der Waals surface area contributed by atoms with Crippen molar-refractivity contribution in [3.63, 3.8) is 0 Å². The summed E-state index contributed by atoms with van der Waals surface area (Å²) in [6, 6.07) is 4.60. The molecule has 2 aliphatic heterocycles. The molecule has 1 amide bonds. The maximum atomic E-state index is 11.7. The van der Waals surface area contributed by atoms with Crippen LogP contribution in [0.1, 0.15) is 29.5 Å². The van der Waals surface area contributed by atoms with Crippen LogP contribution in [0.5, 0.6) is 0 Å². The number of likely N-dealkylation sites (tertiary alicyclic amines) is 1. The molecule has 2 saturated heterocycles. The smallest absolute Gasteiger partial charge is 0.475 e. The largest absolute Gasteiger partial charge is 0.490 e. The summed E-state index contributed by atoms with van der Waals surface area (Å²) in [4.78, 5) is 27.8. The number of morpholine rings is 1. The number of carboxylic acid groups (broad SMARTS) is 1. The molecule has 0 aliphatic carbocycles. The molecule has 6 nitrogen and oxygen atoms in total. The Bertz CT molecular complexity index is 699. The van der Waals surface area contributed by atoms with E-state index in [1.165, 1.54) is 9.75 Å². The molecule has 3 rings (SSSR count). The van der Waals surface area contributed by atoms with Crippen molar-refractivity contribution in [1.82, 2.24) is 9.80 Å². The fourth-order valence-electron chi connectivity index (χ4n) is 3.44. The van der Waals surface area contributed by atoms with Gasteiger partial charge in [-0.2, -0.15) is 13.2 Å². The maximum Gasteiger partial charge on any atom is 0.490 e. The number of thiophene rings is 1. The van der Waals surface area contributed by atoms with E-state index in [1.54, 1.807) is 0 Å². The molecule has 0 bridgehead atoms. The van der Waals surface area contributed by atoms with Gasteiger partial charge in [-0.25, -0.2) is 4.79 Å². The lowest BCUT2D eigenvalue weighted by Crippen LogP contribution is -2.62. The second-order valence-corrected chi connectivity index (χ2v) is 8.50. The van der Waals surface area contributed by atoms with Crippen molar-refractivity contribution in [2.24, 2.45) is 0 Å². The average Bonchev–Trinajstić information content (AvgIpc) is 3.03. The highest BCUT2D eigenvalue weighted by atomic mass is 32.1. The van der Waals surface area contributed by atoms with Gasteiger partial charge in [0.2, 0.25) is 5.91 Å². The molecule has 1 unspecified atom stereocenters. The van der Waals surface area contributed by atoms with E-state index in [4.69, 9.17) is 14.6 Å². The quantitative estimate of drug-likeness (QED) is 0.794. The number of carboxylic acids is 1. The Labute approximate surface area is 165 Å². The van der Waals surface area contributed by atoms with Gasteiger partial charge >= 0.3 is 12.1 Å². The number of likely N-dealkylation sites (N-methyl/N-ethyl adjacent to an activating group) is 1. The van der Waals surface area contributed by atoms with Crippen LogP contribution in [-0.2, 0) is 20.9 Å². The molecule has 1 aromatic heterocycles. The summed E-state index contributed by atoms with van der Waals surface area (Å²) in [7, 11) is 1.90. The fraction of sp³-hybridized carbons (Fsp3) is 0.667. The molecule has 2 aliphatic rings. The first-order valence-electron chi connectivity index (χ1n) is 8.92. The van der Waals surface area contributed by atoms with Gasteiger partial charge in [-0.3, -0.25) is 9.69 Å². The van der Waals surface area contributed by atoms with Crippen LogP contribution in [-0.4, -0.2) is 71.3 Å². The van der Waals surface area contributed by atoms with Crippen LogP contribution >= 0.6 is 11.3 Å². The molecule has 28 heavy (non-hydrogen) atoms. The highest BCUT2D eigenvalue weighted by molar-refractivity contribution is 7.11. The Morgan fingerprint density at radius 2 is 1.93 bits per heavy atom. The van der Waals surface area contributed by atoms with Crippen LogP contribution in [0.25, 0.3) is 0 Å². The molecular formula is C18H25F3N2O4S. The van der Waals surface area contributed by atoms with Gasteiger partial charge in [-0.15, -0.1) is 11.3 Å². The van der Waals surface area contributed by atoms with Gasteiger partial charge in [-0.05, 0) is 38.8 Å². The summed E-state index contributed by atoms with van der Waals surface area (Å²) < 4.78 is 37.7. The zero-order valence-corrected chi connectivity index (χ0v) is 16.9. The van der Waals surface area contributed by atoms with Crippen molar-refractivity contribution in [3.8, 4) is 0 Å². The molecule has 3 heterocycles. The number of carbonyl (C=O) groups is 2. The minimum absolute atomic E-state index is 0.101. The maximum absolute atomic E-state index is 11.7. The molecule has 0 radical (unpaired) electrons. The number of ether oxygens (including phenoxy) is 1. The molecule has 1 aromatic rings. The highest BCUT2D eigenvalue weighted by Gasteiger charge is 2.46. The van der Waals surface area contributed by atoms with Gasteiger partial charge in [-0.1, -0.05) is 0 Å². The zero-order valence-electron chi connectivity index (χ0n) is 16.1. The number of nitrogens with zero attached hydrogens (tertiary/aromatic N) is 2. The fourth-order valence-corrected chi connectivity index (χ4v) is 4.37. The molecule has 0 aromatic carbocycles. The Balaban J connectivity index is 0.000000345. The molecular weight excluding hydrogens is 397 g/mol. The van der Waals surface area contributed by atoms with Gasteiger partial charge in [0, 0.05) is 36.4 Å².